The highest BCUT2D eigenvalue weighted by atomic mass is 79.9. The summed E-state index contributed by atoms with van der Waals surface area (Å²) < 4.78 is 31.5. The van der Waals surface area contributed by atoms with Gasteiger partial charge >= 0.3 is 21.6 Å². The van der Waals surface area contributed by atoms with E-state index >= 15 is 0 Å². The molecule has 0 bridgehead atoms. The third-order valence-corrected chi connectivity index (χ3v) is 35.5. The maximum Gasteiger partial charge on any atom is 0.640 e. The van der Waals surface area contributed by atoms with Crippen molar-refractivity contribution >= 4 is 156 Å². The molecule has 2 N–H and O–H groups in total. The summed E-state index contributed by atoms with van der Waals surface area (Å²) in [5.41, 5.74) is 0.213. The Balaban J connectivity index is 0.000000147. The first kappa shape index (κ1) is 78.1. The van der Waals surface area contributed by atoms with Gasteiger partial charge in [0.15, 0.2) is 16.1 Å². The van der Waals surface area contributed by atoms with Crippen molar-refractivity contribution in [2.45, 2.75) is 97.7 Å². The molecule has 0 amide bonds. The molecule has 103 heavy (non-hydrogen) atoms. The normalized spacial score (nSPS) is 14.8. The molecule has 12 aromatic rings. The van der Waals surface area contributed by atoms with Crippen molar-refractivity contribution in [1.82, 2.24) is 0 Å². The lowest BCUT2D eigenvalue weighted by molar-refractivity contribution is 0.00578. The Morgan fingerprint density at radius 3 is 0.854 bits per heavy atom. The van der Waals surface area contributed by atoms with Crippen molar-refractivity contribution in [3.63, 3.8) is 0 Å². The van der Waals surface area contributed by atoms with Crippen molar-refractivity contribution in [1.29, 1.82) is 0 Å². The smallest absolute Gasteiger partial charge is 0.423 e. The molecule has 2 heterocycles. The minimum Gasteiger partial charge on any atom is -0.423 e. The zero-order valence-electron chi connectivity index (χ0n) is 60.3. The predicted molar refractivity (Wildman–Crippen MR) is 450 cm³/mol. The van der Waals surface area contributed by atoms with Crippen LogP contribution in [0.1, 0.15) is 69.2 Å². The summed E-state index contributed by atoms with van der Waals surface area (Å²) in [5, 5.41) is 32.0. The van der Waals surface area contributed by atoms with Crippen LogP contribution in [-0.4, -0.2) is 83.6 Å². The minimum atomic E-state index is -2.56. The van der Waals surface area contributed by atoms with Gasteiger partial charge < -0.3 is 33.3 Å². The summed E-state index contributed by atoms with van der Waals surface area (Å²) in [4.78, 5) is 0. The van der Waals surface area contributed by atoms with Gasteiger partial charge in [-0.15, -0.1) is 11.1 Å². The third kappa shape index (κ3) is 18.2. The molecule has 12 aromatic carbocycles. The summed E-state index contributed by atoms with van der Waals surface area (Å²) in [6.45, 7) is 20.4. The van der Waals surface area contributed by atoms with Gasteiger partial charge in [0, 0.05) is 15.0 Å². The van der Waals surface area contributed by atoms with Gasteiger partial charge in [0.1, 0.15) is 0 Å². The van der Waals surface area contributed by atoms with Crippen LogP contribution in [0.3, 0.4) is 0 Å². The molecule has 2 saturated heterocycles. The van der Waals surface area contributed by atoms with Crippen LogP contribution in [0.25, 0.3) is 0 Å². The highest BCUT2D eigenvalue weighted by Crippen LogP contribution is 2.38. The molecule has 0 radical (unpaired) electrons. The second-order valence-corrected chi connectivity index (χ2v) is 42.0. The minimum absolute atomic E-state index is 0.120. The molecule has 7 nitrogen and oxygen atoms in total. The van der Waals surface area contributed by atoms with Gasteiger partial charge in [0.25, 0.3) is 0 Å². The first-order chi connectivity index (χ1) is 49.4. The fourth-order valence-electron chi connectivity index (χ4n) is 13.0. The second kappa shape index (κ2) is 35.0. The maximum absolute atomic E-state index is 8.68. The van der Waals surface area contributed by atoms with E-state index < -0.39 is 38.0 Å². The van der Waals surface area contributed by atoms with Gasteiger partial charge in [0.05, 0.1) is 22.4 Å². The third-order valence-electron chi connectivity index (χ3n) is 19.6. The molecular weight excluding hydrogens is 1470 g/mol. The van der Waals surface area contributed by atoms with Gasteiger partial charge in [-0.25, -0.2) is 0 Å². The maximum atomic E-state index is 8.68. The van der Waals surface area contributed by atoms with Crippen LogP contribution >= 0.6 is 42.9 Å². The number of benzene rings is 12. The van der Waals surface area contributed by atoms with Crippen LogP contribution in [0.2, 0.25) is 0 Å². The van der Waals surface area contributed by atoms with Crippen molar-refractivity contribution in [3.8, 4) is 0 Å². The van der Waals surface area contributed by atoms with Crippen LogP contribution in [-0.2, 0) is 23.3 Å². The molecule has 2 fully saturated rings. The van der Waals surface area contributed by atoms with E-state index in [0.717, 1.165) is 14.4 Å². The molecule has 16 heteroatoms. The zero-order valence-corrected chi connectivity index (χ0v) is 67.2. The molecule has 2 aliphatic heterocycles. The molecule has 0 aromatic heterocycles. The Kier molecular flexibility index (Phi) is 26.5. The molecule has 0 spiro atoms. The average Bonchev–Trinajstić information content (AvgIpc) is 1.39. The SMILES string of the molecule is Brc1cccc([Si](c2ccccc2)(c2ccccc2)c2ccccc2)c1.CC(C)OB1OC(C)(C)C(C)(C)O1.CC1(C)OB(c2cccc([Si](c3ccccc3)(c3ccccc3)c3ccccc3)c2)OC1(C)C.Cl[Si](c1ccccc1)(c1ccccc1)c1ccccc1.OB(O)c1cccc(Br)c1. The van der Waals surface area contributed by atoms with E-state index in [9.17, 15) is 0 Å². The predicted octanol–water partition coefficient (Wildman–Crippen LogP) is 12.2. The van der Waals surface area contributed by atoms with Crippen LogP contribution in [0.4, 0.5) is 0 Å². The van der Waals surface area contributed by atoms with Crippen molar-refractivity contribution in [2.24, 2.45) is 0 Å². The van der Waals surface area contributed by atoms with Crippen LogP contribution < -0.4 is 68.0 Å². The molecule has 14 rings (SSSR count). The summed E-state index contributed by atoms with van der Waals surface area (Å²) in [6.07, 6.45) is 0.120. The van der Waals surface area contributed by atoms with Crippen molar-refractivity contribution < 1.29 is 33.3 Å². The van der Waals surface area contributed by atoms with Crippen molar-refractivity contribution in [3.05, 3.63) is 355 Å². The first-order valence-electron chi connectivity index (χ1n) is 35.0. The van der Waals surface area contributed by atoms with Gasteiger partial charge in [-0.3, -0.25) is 0 Å². The molecule has 0 atom stereocenters. The second-order valence-electron chi connectivity index (χ2n) is 27.8. The zero-order chi connectivity index (χ0) is 73.3. The van der Waals surface area contributed by atoms with E-state index in [0.29, 0.717) is 5.46 Å². The largest absolute Gasteiger partial charge is 0.640 e. The van der Waals surface area contributed by atoms with E-state index in [1.54, 1.807) is 18.2 Å². The monoisotopic (exact) mass is 1560 g/mol. The number of rotatable bonds is 15. The van der Waals surface area contributed by atoms with Crippen LogP contribution in [0.5, 0.6) is 0 Å². The fraction of sp³-hybridized carbons (Fsp3) is 0.172. The number of hydrogen-bond donors (Lipinski definition) is 2. The van der Waals surface area contributed by atoms with Gasteiger partial charge in [0.2, 0.25) is 7.38 Å². The van der Waals surface area contributed by atoms with Crippen molar-refractivity contribution in [2.75, 3.05) is 0 Å². The van der Waals surface area contributed by atoms with Crippen LogP contribution in [0.15, 0.2) is 355 Å². The molecular formula is C87H90B3Br2ClO7Si3. The summed E-state index contributed by atoms with van der Waals surface area (Å²) in [6, 6.07) is 122. The molecule has 0 unspecified atom stereocenters. The molecule has 0 saturated carbocycles. The Morgan fingerprint density at radius 1 is 0.330 bits per heavy atom. The highest BCUT2D eigenvalue weighted by molar-refractivity contribution is 9.10. The van der Waals surface area contributed by atoms with Crippen LogP contribution in [0, 0.1) is 0 Å². The Labute approximate surface area is 636 Å². The first-order valence-corrected chi connectivity index (χ1v) is 43.6. The molecule has 0 aliphatic carbocycles. The lowest BCUT2D eigenvalue weighted by Crippen LogP contribution is -2.75. The van der Waals surface area contributed by atoms with Gasteiger partial charge in [-0.2, -0.15) is 0 Å². The lowest BCUT2D eigenvalue weighted by Gasteiger charge is -2.34. The van der Waals surface area contributed by atoms with E-state index in [2.05, 4.69) is 363 Å². The van der Waals surface area contributed by atoms with E-state index in [1.807, 2.05) is 65.8 Å². The van der Waals surface area contributed by atoms with Gasteiger partial charge in [-0.1, -0.05) is 353 Å². The standard InChI is InChI=1S/C30H31BO2Si.C24H19BrSi.C18H15ClSi.C9H19BO3.C6H6BBrO2/c1-29(2)30(3,4)33-31(32-29)24-15-14-22-28(23-24)34(25-16-8-5-9-17-25,26-18-10-6-11-19-26)27-20-12-7-13-21-27;25-20-11-10-18-24(19-20)26(21-12-4-1-5-13-21,22-14-6-2-7-15-22)23-16-8-3-9-17-23;19-20(16-10-4-1-5-11-16,17-12-6-2-7-13-17)18-14-8-3-9-15-18;1-7(2)11-10-12-8(3,4)9(5,6)13-10;8-6-3-1-2-5(4-6)7(9)10/h5-23H,1-4H3;1-19H;1-15H;7H,1-6H3;1-4,9-10H. The number of hydrogen-bond acceptors (Lipinski definition) is 7. The Hall–Kier alpha value is -7.54. The highest BCUT2D eigenvalue weighted by Gasteiger charge is 2.54. The molecule has 2 aliphatic rings. The van der Waals surface area contributed by atoms with E-state index in [-0.39, 0.29) is 35.6 Å². The summed E-state index contributed by atoms with van der Waals surface area (Å²) in [7, 11) is -9.62. The fourth-order valence-corrected chi connectivity index (χ4v) is 27.7. The summed E-state index contributed by atoms with van der Waals surface area (Å²) >= 11 is 14.2. The quantitative estimate of drug-likeness (QED) is 0.0601. The Bertz CT molecular complexity index is 4250. The summed E-state index contributed by atoms with van der Waals surface area (Å²) in [5.74, 6) is 0. The lowest BCUT2D eigenvalue weighted by atomic mass is 9.79. The number of halogens is 3. The van der Waals surface area contributed by atoms with Gasteiger partial charge in [-0.05, 0) is 161 Å². The van der Waals surface area contributed by atoms with E-state index in [4.69, 9.17) is 44.4 Å². The van der Waals surface area contributed by atoms with E-state index in [1.165, 1.54) is 57.1 Å². The average molecular weight is 1560 g/mol. The Morgan fingerprint density at radius 2 is 0.583 bits per heavy atom. The topological polar surface area (TPSA) is 86.6 Å². The molecule has 522 valence electrons.